The van der Waals surface area contributed by atoms with Gasteiger partial charge in [0, 0.05) is 12.5 Å². The van der Waals surface area contributed by atoms with Gasteiger partial charge in [-0.1, -0.05) is 6.07 Å². The number of hydrogen-bond donors (Lipinski definition) is 0. The molecule has 1 aromatic carbocycles. The lowest BCUT2D eigenvalue weighted by Gasteiger charge is -2.50. The van der Waals surface area contributed by atoms with Gasteiger partial charge in [0.1, 0.15) is 5.60 Å². The van der Waals surface area contributed by atoms with Crippen LogP contribution in [0.15, 0.2) is 18.2 Å². The second-order valence-corrected chi connectivity index (χ2v) is 6.69. The van der Waals surface area contributed by atoms with Crippen LogP contribution in [0.1, 0.15) is 18.4 Å². The summed E-state index contributed by atoms with van der Waals surface area (Å²) in [5, 5.41) is 0. The van der Waals surface area contributed by atoms with Crippen LogP contribution < -0.4 is 4.74 Å². The number of piperidine rings is 3. The van der Waals surface area contributed by atoms with Gasteiger partial charge in [0.15, 0.2) is 0 Å². The molecule has 1 atom stereocenters. The fourth-order valence-corrected chi connectivity index (χ4v) is 4.34. The summed E-state index contributed by atoms with van der Waals surface area (Å²) in [5.74, 6) is 0.703. The molecular formula is C16H19N3O. The van der Waals surface area contributed by atoms with Gasteiger partial charge in [-0.25, -0.2) is 0 Å². The molecule has 0 radical (unpaired) electrons. The molecule has 3 fully saturated rings. The first-order chi connectivity index (χ1) is 9.73. The van der Waals surface area contributed by atoms with E-state index in [4.69, 9.17) is 4.74 Å². The van der Waals surface area contributed by atoms with Crippen LogP contribution in [0.25, 0.3) is 11.0 Å². The van der Waals surface area contributed by atoms with Gasteiger partial charge in [-0.15, -0.1) is 0 Å². The normalized spacial score (nSPS) is 34.6. The Morgan fingerprint density at radius 1 is 1.25 bits per heavy atom. The monoisotopic (exact) mass is 269 g/mol. The Kier molecular flexibility index (Phi) is 1.98. The van der Waals surface area contributed by atoms with Gasteiger partial charge in [0.05, 0.1) is 17.6 Å². The Labute approximate surface area is 118 Å². The zero-order chi connectivity index (χ0) is 13.3. The second-order valence-electron chi connectivity index (χ2n) is 6.69. The molecule has 2 bridgehead atoms. The molecule has 0 unspecified atom stereocenters. The van der Waals surface area contributed by atoms with E-state index in [1.54, 1.807) is 0 Å². The maximum Gasteiger partial charge on any atom is 0.298 e. The van der Waals surface area contributed by atoms with Crippen molar-refractivity contribution in [1.82, 2.24) is 14.5 Å². The Morgan fingerprint density at radius 2 is 2.10 bits per heavy atom. The molecular weight excluding hydrogens is 250 g/mol. The van der Waals surface area contributed by atoms with E-state index in [0.29, 0.717) is 5.92 Å². The maximum absolute atomic E-state index is 6.40. The van der Waals surface area contributed by atoms with E-state index in [9.17, 15) is 0 Å². The van der Waals surface area contributed by atoms with Crippen LogP contribution in [0.4, 0.5) is 0 Å². The number of nitrogens with zero attached hydrogens (tertiary/aromatic N) is 3. The molecule has 2 aromatic rings. The minimum Gasteiger partial charge on any atom is -0.454 e. The highest BCUT2D eigenvalue weighted by molar-refractivity contribution is 5.78. The van der Waals surface area contributed by atoms with Gasteiger partial charge < -0.3 is 4.74 Å². The summed E-state index contributed by atoms with van der Waals surface area (Å²) in [4.78, 5) is 7.25. The topological polar surface area (TPSA) is 30.3 Å². The number of aromatic nitrogens is 2. The minimum absolute atomic E-state index is 0.00320. The fraction of sp³-hybridized carbons (Fsp3) is 0.562. The molecule has 0 aliphatic carbocycles. The van der Waals surface area contributed by atoms with Crippen molar-refractivity contribution in [3.63, 3.8) is 0 Å². The number of rotatable bonds is 0. The molecule has 5 heterocycles. The molecule has 1 spiro atoms. The molecule has 0 saturated carbocycles. The van der Waals surface area contributed by atoms with Crippen molar-refractivity contribution in [3.05, 3.63) is 23.8 Å². The standard InChI is InChI=1S/C16H19N3O/c1-11-2-3-13-14(8-11)19-10-16(20-15(19)17-13)9-18-6-4-12(16)5-7-18/h2-3,8,12H,4-7,9-10H2,1H3/t16-/m0/s1. The molecule has 0 N–H and O–H groups in total. The molecule has 4 aliphatic rings. The van der Waals surface area contributed by atoms with Gasteiger partial charge in [0.2, 0.25) is 0 Å². The van der Waals surface area contributed by atoms with E-state index in [1.807, 2.05) is 0 Å². The summed E-state index contributed by atoms with van der Waals surface area (Å²) in [6.45, 7) is 6.69. The molecule has 20 heavy (non-hydrogen) atoms. The Hall–Kier alpha value is -1.55. The lowest BCUT2D eigenvalue weighted by Crippen LogP contribution is -2.61. The molecule has 4 aliphatic heterocycles. The van der Waals surface area contributed by atoms with Crippen molar-refractivity contribution >= 4 is 11.0 Å². The zero-order valence-electron chi connectivity index (χ0n) is 11.8. The van der Waals surface area contributed by atoms with Crippen molar-refractivity contribution in [2.24, 2.45) is 5.92 Å². The highest BCUT2D eigenvalue weighted by Gasteiger charge is 2.53. The molecule has 6 rings (SSSR count). The lowest BCUT2D eigenvalue weighted by molar-refractivity contribution is -0.0832. The van der Waals surface area contributed by atoms with E-state index < -0.39 is 0 Å². The van der Waals surface area contributed by atoms with E-state index in [2.05, 4.69) is 39.6 Å². The first-order valence-corrected chi connectivity index (χ1v) is 7.62. The average molecular weight is 269 g/mol. The van der Waals surface area contributed by atoms with Crippen molar-refractivity contribution in [2.75, 3.05) is 19.6 Å². The Bertz CT molecular complexity index is 699. The molecule has 3 saturated heterocycles. The second kappa shape index (κ2) is 3.55. The van der Waals surface area contributed by atoms with Crippen LogP contribution in [-0.4, -0.2) is 39.7 Å². The van der Waals surface area contributed by atoms with Gasteiger partial charge in [-0.05, 0) is 50.6 Å². The average Bonchev–Trinajstić information content (AvgIpc) is 2.95. The highest BCUT2D eigenvalue weighted by Crippen LogP contribution is 2.45. The zero-order valence-corrected chi connectivity index (χ0v) is 11.8. The first-order valence-electron chi connectivity index (χ1n) is 7.62. The van der Waals surface area contributed by atoms with E-state index in [-0.39, 0.29) is 5.60 Å². The van der Waals surface area contributed by atoms with Gasteiger partial charge in [0.25, 0.3) is 6.01 Å². The van der Waals surface area contributed by atoms with E-state index in [0.717, 1.165) is 24.6 Å². The third kappa shape index (κ3) is 1.32. The predicted molar refractivity (Wildman–Crippen MR) is 77.0 cm³/mol. The van der Waals surface area contributed by atoms with Gasteiger partial charge >= 0.3 is 0 Å². The summed E-state index contributed by atoms with van der Waals surface area (Å²) < 4.78 is 8.70. The van der Waals surface area contributed by atoms with Crippen LogP contribution in [0.3, 0.4) is 0 Å². The molecule has 0 amide bonds. The number of ether oxygens (including phenoxy) is 1. The fourth-order valence-electron chi connectivity index (χ4n) is 4.34. The van der Waals surface area contributed by atoms with Crippen molar-refractivity contribution in [1.29, 1.82) is 0 Å². The summed E-state index contributed by atoms with van der Waals surface area (Å²) in [6, 6.07) is 7.28. The number of aryl methyl sites for hydroxylation is 1. The van der Waals surface area contributed by atoms with Crippen LogP contribution in [0.5, 0.6) is 6.01 Å². The quantitative estimate of drug-likeness (QED) is 0.734. The van der Waals surface area contributed by atoms with Crippen LogP contribution in [-0.2, 0) is 6.54 Å². The third-order valence-corrected chi connectivity index (χ3v) is 5.41. The summed E-state index contributed by atoms with van der Waals surface area (Å²) in [5.41, 5.74) is 3.57. The predicted octanol–water partition coefficient (Wildman–Crippen LogP) is 2.20. The summed E-state index contributed by atoms with van der Waals surface area (Å²) in [7, 11) is 0. The summed E-state index contributed by atoms with van der Waals surface area (Å²) in [6.07, 6.45) is 2.56. The van der Waals surface area contributed by atoms with Crippen molar-refractivity contribution < 1.29 is 4.74 Å². The summed E-state index contributed by atoms with van der Waals surface area (Å²) >= 11 is 0. The van der Waals surface area contributed by atoms with Crippen molar-refractivity contribution in [2.45, 2.75) is 31.9 Å². The number of imidazole rings is 1. The Morgan fingerprint density at radius 3 is 2.85 bits per heavy atom. The third-order valence-electron chi connectivity index (χ3n) is 5.41. The van der Waals surface area contributed by atoms with Crippen LogP contribution in [0, 0.1) is 12.8 Å². The Balaban J connectivity index is 1.61. The SMILES string of the molecule is Cc1ccc2nc3n(c2c1)C[C@]1(CN2CCC1CC2)O3. The van der Waals surface area contributed by atoms with E-state index >= 15 is 0 Å². The van der Waals surface area contributed by atoms with E-state index in [1.165, 1.54) is 37.0 Å². The first kappa shape index (κ1) is 11.1. The van der Waals surface area contributed by atoms with Crippen LogP contribution in [0.2, 0.25) is 0 Å². The van der Waals surface area contributed by atoms with Gasteiger partial charge in [-0.2, -0.15) is 4.98 Å². The maximum atomic E-state index is 6.40. The minimum atomic E-state index is -0.00320. The van der Waals surface area contributed by atoms with Crippen LogP contribution >= 0.6 is 0 Å². The largest absolute Gasteiger partial charge is 0.454 e. The van der Waals surface area contributed by atoms with Gasteiger partial charge in [-0.3, -0.25) is 9.47 Å². The lowest BCUT2D eigenvalue weighted by atomic mass is 9.75. The molecule has 104 valence electrons. The number of benzene rings is 1. The highest BCUT2D eigenvalue weighted by atomic mass is 16.5. The molecule has 4 nitrogen and oxygen atoms in total. The molecule has 1 aromatic heterocycles. The number of fused-ring (bicyclic) bond motifs is 5. The number of hydrogen-bond acceptors (Lipinski definition) is 3. The molecule has 4 heteroatoms. The smallest absolute Gasteiger partial charge is 0.298 e. The van der Waals surface area contributed by atoms with Crippen molar-refractivity contribution in [3.8, 4) is 6.01 Å².